The molecule has 0 saturated carbocycles. The molecule has 3 aromatic rings. The molecule has 1 unspecified atom stereocenters. The van der Waals surface area contributed by atoms with E-state index in [0.29, 0.717) is 17.2 Å². The second-order valence-corrected chi connectivity index (χ2v) is 7.79. The van der Waals surface area contributed by atoms with Gasteiger partial charge in [0.2, 0.25) is 5.95 Å². The molecule has 1 aliphatic heterocycles. The Morgan fingerprint density at radius 3 is 2.93 bits per heavy atom. The zero-order valence-electron chi connectivity index (χ0n) is 15.8. The molecule has 0 bridgehead atoms. The van der Waals surface area contributed by atoms with Gasteiger partial charge in [0, 0.05) is 53.1 Å². The van der Waals surface area contributed by atoms with E-state index in [2.05, 4.69) is 46.0 Å². The van der Waals surface area contributed by atoms with Crippen molar-refractivity contribution in [3.8, 4) is 11.3 Å². The van der Waals surface area contributed by atoms with E-state index < -0.39 is 0 Å². The average Bonchev–Trinajstić information content (AvgIpc) is 3.04. The van der Waals surface area contributed by atoms with Crippen molar-refractivity contribution in [1.29, 1.82) is 0 Å². The van der Waals surface area contributed by atoms with E-state index in [4.69, 9.17) is 0 Å². The molecule has 0 aliphatic carbocycles. The first kappa shape index (κ1) is 18.0. The Morgan fingerprint density at radius 2 is 2.18 bits per heavy atom. The van der Waals surface area contributed by atoms with Crippen molar-refractivity contribution < 1.29 is 4.92 Å². The monoisotopic (exact) mass is 378 g/mol. The first-order valence-electron chi connectivity index (χ1n) is 9.13. The fraction of sp³-hybridized carbons (Fsp3) is 0.300. The largest absolute Gasteiger partial charge is 0.384 e. The highest BCUT2D eigenvalue weighted by molar-refractivity contribution is 5.99. The van der Waals surface area contributed by atoms with E-state index in [0.717, 1.165) is 29.5 Å². The number of H-pyrrole nitrogens is 1. The number of hydrogen-bond donors (Lipinski definition) is 3. The lowest BCUT2D eigenvalue weighted by Gasteiger charge is -2.38. The van der Waals surface area contributed by atoms with Crippen LogP contribution in [0.2, 0.25) is 0 Å². The lowest BCUT2D eigenvalue weighted by Crippen LogP contribution is -2.48. The number of aromatic nitrogens is 3. The van der Waals surface area contributed by atoms with Crippen molar-refractivity contribution in [1.82, 2.24) is 20.3 Å². The summed E-state index contributed by atoms with van der Waals surface area (Å²) in [7, 11) is 0. The van der Waals surface area contributed by atoms with Gasteiger partial charge in [0.25, 0.3) is 5.69 Å². The quantitative estimate of drug-likeness (QED) is 0.468. The summed E-state index contributed by atoms with van der Waals surface area (Å²) in [6, 6.07) is 7.01. The van der Waals surface area contributed by atoms with Crippen LogP contribution in [0.15, 0.2) is 48.9 Å². The van der Waals surface area contributed by atoms with Gasteiger partial charge >= 0.3 is 0 Å². The van der Waals surface area contributed by atoms with Crippen LogP contribution >= 0.6 is 0 Å². The van der Waals surface area contributed by atoms with Crippen LogP contribution in [0.5, 0.6) is 0 Å². The molecule has 1 aromatic carbocycles. The average molecular weight is 378 g/mol. The number of anilines is 1. The number of piperidine rings is 1. The van der Waals surface area contributed by atoms with E-state index in [1.807, 2.05) is 6.07 Å². The molecule has 4 rings (SSSR count). The van der Waals surface area contributed by atoms with E-state index in [-0.39, 0.29) is 22.2 Å². The third-order valence-corrected chi connectivity index (χ3v) is 4.92. The molecule has 1 fully saturated rings. The molecule has 144 valence electrons. The van der Waals surface area contributed by atoms with Crippen LogP contribution in [0.3, 0.4) is 0 Å². The molecule has 1 atom stereocenters. The predicted molar refractivity (Wildman–Crippen MR) is 109 cm³/mol. The maximum Gasteiger partial charge on any atom is 0.293 e. The first-order valence-corrected chi connectivity index (χ1v) is 9.13. The van der Waals surface area contributed by atoms with E-state index in [1.54, 1.807) is 24.5 Å². The number of aromatic amines is 1. The molecule has 0 radical (unpaired) electrons. The Hall–Kier alpha value is -3.42. The Labute approximate surface area is 162 Å². The summed E-state index contributed by atoms with van der Waals surface area (Å²) < 4.78 is 0. The van der Waals surface area contributed by atoms with E-state index in [1.165, 1.54) is 6.07 Å². The standard InChI is InChI=1S/C20H22N6O2/c1-12-9-13(10-20(2,3)25-12)23-19-21-8-7-16(24-19)15-11-22-18-14(15)5-4-6-17(18)26(27)28/h4-8,11,13,22,25H,1,9-10H2,2-3H3,(H,21,23,24). The highest BCUT2D eigenvalue weighted by atomic mass is 16.6. The van der Waals surface area contributed by atoms with Crippen LogP contribution in [-0.4, -0.2) is 31.5 Å². The molecular formula is C20H22N6O2. The number of fused-ring (bicyclic) bond motifs is 1. The smallest absolute Gasteiger partial charge is 0.293 e. The minimum atomic E-state index is -0.388. The summed E-state index contributed by atoms with van der Waals surface area (Å²) in [6.07, 6.45) is 5.16. The predicted octanol–water partition coefficient (Wildman–Crippen LogP) is 3.99. The fourth-order valence-electron chi connectivity index (χ4n) is 3.93. The van der Waals surface area contributed by atoms with E-state index >= 15 is 0 Å². The van der Waals surface area contributed by atoms with Gasteiger partial charge in [-0.2, -0.15) is 0 Å². The molecule has 28 heavy (non-hydrogen) atoms. The summed E-state index contributed by atoms with van der Waals surface area (Å²) in [5.41, 5.74) is 3.00. The molecule has 3 heterocycles. The number of nitro groups is 1. The van der Waals surface area contributed by atoms with Crippen molar-refractivity contribution >= 4 is 22.5 Å². The number of para-hydroxylation sites is 1. The summed E-state index contributed by atoms with van der Waals surface area (Å²) in [4.78, 5) is 22.9. The summed E-state index contributed by atoms with van der Waals surface area (Å²) in [5.74, 6) is 0.535. The highest BCUT2D eigenvalue weighted by Crippen LogP contribution is 2.33. The van der Waals surface area contributed by atoms with Crippen LogP contribution in [0.1, 0.15) is 26.7 Å². The SMILES string of the molecule is C=C1CC(Nc2nccc(-c3c[nH]c4c([N+](=O)[O-])cccc34)n2)CC(C)(C)N1. The van der Waals surface area contributed by atoms with Gasteiger partial charge in [-0.15, -0.1) is 0 Å². The lowest BCUT2D eigenvalue weighted by atomic mass is 9.88. The van der Waals surface area contributed by atoms with Crippen molar-refractivity contribution in [2.45, 2.75) is 38.3 Å². The second-order valence-electron chi connectivity index (χ2n) is 7.79. The van der Waals surface area contributed by atoms with E-state index in [9.17, 15) is 10.1 Å². The molecular weight excluding hydrogens is 356 g/mol. The third kappa shape index (κ3) is 3.40. The number of benzene rings is 1. The molecule has 2 aromatic heterocycles. The van der Waals surface area contributed by atoms with Gasteiger partial charge in [0.1, 0.15) is 5.52 Å². The minimum absolute atomic E-state index is 0.0413. The molecule has 8 heteroatoms. The molecule has 3 N–H and O–H groups in total. The Bertz CT molecular complexity index is 1070. The summed E-state index contributed by atoms with van der Waals surface area (Å²) in [6.45, 7) is 8.35. The van der Waals surface area contributed by atoms with Gasteiger partial charge in [0.05, 0.1) is 10.6 Å². The van der Waals surface area contributed by atoms with Crippen LogP contribution in [0.25, 0.3) is 22.2 Å². The fourth-order valence-corrected chi connectivity index (χ4v) is 3.93. The zero-order valence-corrected chi connectivity index (χ0v) is 15.8. The number of nitro benzene ring substituents is 1. The number of hydrogen-bond acceptors (Lipinski definition) is 6. The van der Waals surface area contributed by atoms with Gasteiger partial charge in [-0.05, 0) is 26.3 Å². The van der Waals surface area contributed by atoms with Crippen LogP contribution in [0, 0.1) is 10.1 Å². The van der Waals surface area contributed by atoms with Gasteiger partial charge < -0.3 is 15.6 Å². The van der Waals surface area contributed by atoms with Gasteiger partial charge in [-0.25, -0.2) is 9.97 Å². The topological polar surface area (TPSA) is 109 Å². The number of non-ortho nitro benzene ring substituents is 1. The molecule has 0 amide bonds. The lowest BCUT2D eigenvalue weighted by molar-refractivity contribution is -0.383. The van der Waals surface area contributed by atoms with Crippen molar-refractivity contribution in [3.63, 3.8) is 0 Å². The summed E-state index contributed by atoms with van der Waals surface area (Å²) in [5, 5.41) is 18.8. The minimum Gasteiger partial charge on any atom is -0.384 e. The maximum absolute atomic E-state index is 11.3. The van der Waals surface area contributed by atoms with Gasteiger partial charge in [0.15, 0.2) is 0 Å². The van der Waals surface area contributed by atoms with Crippen LogP contribution in [0.4, 0.5) is 11.6 Å². The molecule has 1 aliphatic rings. The van der Waals surface area contributed by atoms with Crippen molar-refractivity contribution in [3.05, 3.63) is 59.0 Å². The Morgan fingerprint density at radius 1 is 1.36 bits per heavy atom. The van der Waals surface area contributed by atoms with Gasteiger partial charge in [-0.1, -0.05) is 18.7 Å². The molecule has 8 nitrogen and oxygen atoms in total. The number of nitrogens with zero attached hydrogens (tertiary/aromatic N) is 3. The van der Waals surface area contributed by atoms with Crippen LogP contribution in [-0.2, 0) is 0 Å². The van der Waals surface area contributed by atoms with Crippen molar-refractivity contribution in [2.75, 3.05) is 5.32 Å². The Balaban J connectivity index is 1.65. The number of rotatable bonds is 4. The second kappa shape index (κ2) is 6.63. The molecule has 0 spiro atoms. The normalized spacial score (nSPS) is 18.6. The highest BCUT2D eigenvalue weighted by Gasteiger charge is 2.29. The first-order chi connectivity index (χ1) is 13.3. The summed E-state index contributed by atoms with van der Waals surface area (Å²) >= 11 is 0. The zero-order chi connectivity index (χ0) is 19.9. The van der Waals surface area contributed by atoms with Crippen LogP contribution < -0.4 is 10.6 Å². The van der Waals surface area contributed by atoms with Crippen molar-refractivity contribution in [2.24, 2.45) is 0 Å². The van der Waals surface area contributed by atoms with Gasteiger partial charge in [-0.3, -0.25) is 10.1 Å². The maximum atomic E-state index is 11.3. The Kier molecular flexibility index (Phi) is 4.26. The third-order valence-electron chi connectivity index (χ3n) is 4.92. The number of nitrogens with one attached hydrogen (secondary N) is 3. The molecule has 1 saturated heterocycles.